The third-order valence-corrected chi connectivity index (χ3v) is 4.25. The van der Waals surface area contributed by atoms with Crippen molar-refractivity contribution in [3.63, 3.8) is 0 Å². The van der Waals surface area contributed by atoms with Gasteiger partial charge in [-0.1, -0.05) is 58.3 Å². The summed E-state index contributed by atoms with van der Waals surface area (Å²) >= 11 is 0. The third-order valence-electron chi connectivity index (χ3n) is 4.25. The van der Waals surface area contributed by atoms with Crippen LogP contribution >= 0.6 is 0 Å². The quantitative estimate of drug-likeness (QED) is 0.327. The predicted molar refractivity (Wildman–Crippen MR) is 100 cm³/mol. The smallest absolute Gasteiger partial charge is 0.303 e. The number of Topliss-reactive ketones (excluding diaryl/α,β-unsaturated/α-hetero) is 1. The first-order chi connectivity index (χ1) is 12.5. The Labute approximate surface area is 153 Å². The summed E-state index contributed by atoms with van der Waals surface area (Å²) in [6.07, 6.45) is 11.1. The van der Waals surface area contributed by atoms with Gasteiger partial charge in [-0.05, 0) is 6.42 Å². The van der Waals surface area contributed by atoms with Crippen molar-refractivity contribution >= 4 is 11.8 Å². The number of carboxylic acid groups (broad SMARTS) is 1. The monoisotopic (exact) mass is 345 g/mol. The van der Waals surface area contributed by atoms with E-state index in [1.807, 2.05) is 0 Å². The molecule has 0 amide bonds. The highest BCUT2D eigenvalue weighted by atomic mass is 16.4. The zero-order valence-corrected chi connectivity index (χ0v) is 16.0. The van der Waals surface area contributed by atoms with Crippen LogP contribution in [0.1, 0.15) is 88.1 Å². The molecule has 24 heavy (non-hydrogen) atoms. The Bertz CT molecular complexity index is 437. The highest BCUT2D eigenvalue weighted by Gasteiger charge is 2.23. The summed E-state index contributed by atoms with van der Waals surface area (Å²) in [6, 6.07) is 0. The number of aliphatic carboxylic acids is 1. The minimum absolute atomic E-state index is 0.0507. The number of carboxylic acids is 1. The fraction of sp³-hybridized carbons (Fsp3) is 0.900. The van der Waals surface area contributed by atoms with Gasteiger partial charge < -0.3 is 9.59 Å². The maximum Gasteiger partial charge on any atom is 0.303 e. The Hall–Kier alpha value is -0.900. The predicted octanol–water partition coefficient (Wildman–Crippen LogP) is 4.66. The molecular weight excluding hydrogens is 302 g/mol. The summed E-state index contributed by atoms with van der Waals surface area (Å²) in [4.78, 5) is 23.3. The number of quaternary nitrogens is 1. The van der Waals surface area contributed by atoms with Gasteiger partial charge in [0.2, 0.25) is 0 Å². The molecule has 0 unspecified atom stereocenters. The molecule has 0 bridgehead atoms. The van der Waals surface area contributed by atoms with Crippen molar-refractivity contribution in [1.82, 2.24) is 0 Å². The number of rotatable bonds is 16. The van der Waals surface area contributed by atoms with Crippen LogP contribution in [0.4, 0.5) is 0 Å². The normalized spacial score (nSPS) is 15.4. The van der Waals surface area contributed by atoms with Gasteiger partial charge in [0.15, 0.2) is 0 Å². The highest BCUT2D eigenvalue weighted by Crippen LogP contribution is 2.16. The van der Waals surface area contributed by atoms with Gasteiger partial charge in [0.1, 0.15) is 5.78 Å². The number of carbonyl (C=O) groups is 2. The van der Waals surface area contributed by atoms with Gasteiger partial charge in [0.05, 0.1) is 38.1 Å². The number of hydrogen-bond acceptors (Lipinski definition) is 2. The van der Waals surface area contributed by atoms with Gasteiger partial charge in [-0.25, -0.2) is 0 Å². The van der Waals surface area contributed by atoms with Crippen LogP contribution in [0.2, 0.25) is 0 Å². The topological polar surface area (TPSA) is 54.4 Å². The molecule has 0 radical (unpaired) electrons. The van der Waals surface area contributed by atoms with Crippen LogP contribution in [-0.2, 0) is 9.59 Å². The molecule has 0 aromatic rings. The van der Waals surface area contributed by atoms with Gasteiger partial charge in [-0.15, -0.1) is 0 Å². The zero-order chi connectivity index (χ0) is 20.9. The summed E-state index contributed by atoms with van der Waals surface area (Å²) in [5.41, 5.74) is 0. The van der Waals surface area contributed by atoms with Gasteiger partial charge in [0, 0.05) is 18.8 Å². The lowest BCUT2D eigenvalue weighted by Gasteiger charge is -2.28. The van der Waals surface area contributed by atoms with Crippen LogP contribution in [0.15, 0.2) is 0 Å². The second-order valence-corrected chi connectivity index (χ2v) is 7.65. The van der Waals surface area contributed by atoms with Crippen LogP contribution in [0.3, 0.4) is 0 Å². The molecule has 0 spiro atoms. The fourth-order valence-electron chi connectivity index (χ4n) is 3.15. The second-order valence-electron chi connectivity index (χ2n) is 7.65. The van der Waals surface area contributed by atoms with Crippen molar-refractivity contribution in [1.29, 1.82) is 0 Å². The van der Waals surface area contributed by atoms with E-state index in [0.717, 1.165) is 19.3 Å². The summed E-state index contributed by atoms with van der Waals surface area (Å²) < 4.78 is 22.5. The number of unbranched alkanes of at least 4 members (excludes halogenated alkanes) is 8. The molecule has 142 valence electrons. The minimum atomic E-state index is -2.23. The molecule has 1 N–H and O–H groups in total. The summed E-state index contributed by atoms with van der Waals surface area (Å²) in [5, 5.41) is 9.09. The number of hydrogen-bond donors (Lipinski definition) is 1. The molecule has 0 aliphatic rings. The van der Waals surface area contributed by atoms with Crippen LogP contribution in [0.5, 0.6) is 0 Å². The first kappa shape index (κ1) is 17.9. The van der Waals surface area contributed by atoms with E-state index >= 15 is 0 Å². The Balaban J connectivity index is 4.18. The van der Waals surface area contributed by atoms with E-state index in [1.54, 1.807) is 14.1 Å². The molecule has 0 rings (SSSR count). The van der Waals surface area contributed by atoms with Crippen molar-refractivity contribution in [2.75, 3.05) is 27.6 Å². The first-order valence-electron chi connectivity index (χ1n) is 11.1. The molecule has 0 fully saturated rings. The maximum absolute atomic E-state index is 12.2. The first-order valence-corrected chi connectivity index (χ1v) is 9.56. The molecule has 1 atom stereocenters. The van der Waals surface area contributed by atoms with Crippen LogP contribution < -0.4 is 0 Å². The van der Waals surface area contributed by atoms with Crippen LogP contribution in [-0.4, -0.2) is 49.0 Å². The van der Waals surface area contributed by atoms with Gasteiger partial charge in [-0.3, -0.25) is 9.59 Å². The average Bonchev–Trinajstić information content (AvgIpc) is 2.51. The molecular formula is C20H40NO3+. The second kappa shape index (κ2) is 13.4. The largest absolute Gasteiger partial charge is 0.481 e. The molecule has 0 heterocycles. The van der Waals surface area contributed by atoms with Crippen molar-refractivity contribution in [3.05, 3.63) is 0 Å². The van der Waals surface area contributed by atoms with E-state index in [0.29, 0.717) is 6.42 Å². The standard InChI is InChI=1S/C20H39NO3/c1-5-6-7-8-9-10-11-12-13-14-19(22)15-18(16-20(23)24)17-21(2,3)4/h18H,5-17H2,1-4H3/p+1/t18-/m1/s1/i2D3. The van der Waals surface area contributed by atoms with Crippen molar-refractivity contribution in [3.8, 4) is 0 Å². The molecule has 0 saturated carbocycles. The molecule has 0 aromatic heterocycles. The summed E-state index contributed by atoms with van der Waals surface area (Å²) in [6.45, 7) is 0.143. The fourth-order valence-corrected chi connectivity index (χ4v) is 3.15. The Kier molecular flexibility index (Phi) is 10.00. The Morgan fingerprint density at radius 2 is 1.50 bits per heavy atom. The van der Waals surface area contributed by atoms with E-state index < -0.39 is 18.9 Å². The minimum Gasteiger partial charge on any atom is -0.481 e. The highest BCUT2D eigenvalue weighted by molar-refractivity contribution is 5.79. The molecule has 0 saturated heterocycles. The van der Waals surface area contributed by atoms with E-state index in [1.165, 1.54) is 38.5 Å². The SMILES string of the molecule is [2H]C([2H])([2H])[N+](C)(C)C[C@@H](CC(=O)O)CC(=O)CCCCCCCCCCC. The van der Waals surface area contributed by atoms with Crippen molar-refractivity contribution in [2.24, 2.45) is 5.92 Å². The van der Waals surface area contributed by atoms with Gasteiger partial charge >= 0.3 is 5.97 Å². The van der Waals surface area contributed by atoms with E-state index in [9.17, 15) is 9.59 Å². The number of nitrogens with zero attached hydrogens (tertiary/aromatic N) is 1. The molecule has 0 aromatic carbocycles. The number of carbonyl (C=O) groups excluding carboxylic acids is 1. The summed E-state index contributed by atoms with van der Waals surface area (Å²) in [5.74, 6) is -1.37. The van der Waals surface area contributed by atoms with Gasteiger partial charge in [0.25, 0.3) is 0 Å². The lowest BCUT2D eigenvalue weighted by molar-refractivity contribution is -0.873. The lowest BCUT2D eigenvalue weighted by Crippen LogP contribution is -2.40. The van der Waals surface area contributed by atoms with Crippen LogP contribution in [0, 0.1) is 5.92 Å². The zero-order valence-electron chi connectivity index (χ0n) is 19.0. The van der Waals surface area contributed by atoms with Gasteiger partial charge in [-0.2, -0.15) is 0 Å². The molecule has 4 nitrogen and oxygen atoms in total. The van der Waals surface area contributed by atoms with E-state index in [4.69, 9.17) is 9.22 Å². The Morgan fingerprint density at radius 1 is 0.958 bits per heavy atom. The Morgan fingerprint density at radius 3 is 2.00 bits per heavy atom. The van der Waals surface area contributed by atoms with E-state index in [2.05, 4.69) is 6.92 Å². The van der Waals surface area contributed by atoms with Crippen molar-refractivity contribution < 1.29 is 23.3 Å². The maximum atomic E-state index is 12.2. The molecule has 4 heteroatoms. The average molecular weight is 346 g/mol. The summed E-state index contributed by atoms with van der Waals surface area (Å²) in [7, 11) is 3.12. The molecule has 0 aliphatic carbocycles. The number of ketones is 1. The lowest BCUT2D eigenvalue weighted by atomic mass is 9.95. The van der Waals surface area contributed by atoms with Crippen molar-refractivity contribution in [2.45, 2.75) is 84.0 Å². The van der Waals surface area contributed by atoms with E-state index in [-0.39, 0.29) is 29.7 Å². The van der Waals surface area contributed by atoms with Crippen LogP contribution in [0.25, 0.3) is 0 Å². The third kappa shape index (κ3) is 16.0. The molecule has 0 aliphatic heterocycles.